The summed E-state index contributed by atoms with van der Waals surface area (Å²) < 4.78 is 5.17. The Morgan fingerprint density at radius 1 is 1.43 bits per heavy atom. The van der Waals surface area contributed by atoms with Crippen LogP contribution in [0.15, 0.2) is 23.1 Å². The number of nitro benzene ring substituents is 1. The molecule has 2 fully saturated rings. The highest BCUT2D eigenvalue weighted by atomic mass is 32.2. The number of nitro groups is 1. The Balaban J connectivity index is 1.92. The summed E-state index contributed by atoms with van der Waals surface area (Å²) in [7, 11) is 0. The number of non-ortho nitro benzene ring substituents is 1. The minimum absolute atomic E-state index is 0.0662. The van der Waals surface area contributed by atoms with Gasteiger partial charge in [-0.2, -0.15) is 0 Å². The highest BCUT2D eigenvalue weighted by Crippen LogP contribution is 2.44. The predicted octanol–water partition coefficient (Wildman–Crippen LogP) is 3.06. The maximum Gasteiger partial charge on any atom is 0.310 e. The number of ether oxygens (including phenoxy) is 1. The first-order valence-electron chi connectivity index (χ1n) is 7.95. The second-order valence-corrected chi connectivity index (χ2v) is 7.22. The van der Waals surface area contributed by atoms with E-state index in [4.69, 9.17) is 4.74 Å². The first-order valence-corrected chi connectivity index (χ1v) is 8.83. The molecule has 0 spiro atoms. The van der Waals surface area contributed by atoms with E-state index in [1.807, 2.05) is 6.07 Å². The van der Waals surface area contributed by atoms with E-state index in [0.717, 1.165) is 10.5 Å². The zero-order valence-corrected chi connectivity index (χ0v) is 13.8. The smallest absolute Gasteiger partial charge is 0.310 e. The number of thioether (sulfide) groups is 1. The third-order valence-electron chi connectivity index (χ3n) is 4.17. The van der Waals surface area contributed by atoms with Crippen LogP contribution in [0.4, 0.5) is 5.69 Å². The van der Waals surface area contributed by atoms with Crippen LogP contribution >= 0.6 is 11.8 Å². The van der Waals surface area contributed by atoms with E-state index in [9.17, 15) is 14.9 Å². The van der Waals surface area contributed by atoms with Crippen LogP contribution in [0.1, 0.15) is 37.8 Å². The van der Waals surface area contributed by atoms with Crippen molar-refractivity contribution in [1.82, 2.24) is 5.32 Å². The maximum atomic E-state index is 12.2. The Morgan fingerprint density at radius 2 is 2.22 bits per heavy atom. The minimum Gasteiger partial charge on any atom is -0.466 e. The molecular weight excluding hydrogens is 316 g/mol. The van der Waals surface area contributed by atoms with Gasteiger partial charge in [-0.1, -0.05) is 0 Å². The topological polar surface area (TPSA) is 81.5 Å². The Morgan fingerprint density at radius 3 is 2.87 bits per heavy atom. The molecule has 0 aromatic heterocycles. The zero-order valence-electron chi connectivity index (χ0n) is 13.0. The minimum atomic E-state index is -0.386. The Labute approximate surface area is 139 Å². The number of benzene rings is 1. The lowest BCUT2D eigenvalue weighted by atomic mass is 9.94. The zero-order chi connectivity index (χ0) is 16.4. The third-order valence-corrected chi connectivity index (χ3v) is 5.60. The van der Waals surface area contributed by atoms with Gasteiger partial charge in [-0.3, -0.25) is 14.9 Å². The van der Waals surface area contributed by atoms with Crippen molar-refractivity contribution in [1.29, 1.82) is 0 Å². The number of carbonyl (C=O) groups is 1. The fraction of sp³-hybridized carbons (Fsp3) is 0.562. The fourth-order valence-corrected chi connectivity index (χ4v) is 4.10. The summed E-state index contributed by atoms with van der Waals surface area (Å²) in [5.74, 6) is -0.508. The van der Waals surface area contributed by atoms with Crippen molar-refractivity contribution in [3.63, 3.8) is 0 Å². The van der Waals surface area contributed by atoms with Gasteiger partial charge in [0.05, 0.1) is 17.4 Å². The van der Waals surface area contributed by atoms with Gasteiger partial charge in [-0.15, -0.1) is 11.8 Å². The number of esters is 1. The Hall–Kier alpha value is -1.60. The van der Waals surface area contributed by atoms with E-state index < -0.39 is 0 Å². The molecule has 1 aliphatic heterocycles. The number of nitrogens with one attached hydrogen (secondary N) is 1. The molecule has 6 nitrogen and oxygen atoms in total. The van der Waals surface area contributed by atoms with Crippen molar-refractivity contribution in [2.45, 2.75) is 42.4 Å². The van der Waals surface area contributed by atoms with Crippen molar-refractivity contribution in [2.24, 2.45) is 5.92 Å². The molecule has 124 valence electrons. The molecule has 0 radical (unpaired) electrons. The molecule has 1 aromatic rings. The van der Waals surface area contributed by atoms with E-state index in [2.05, 4.69) is 5.32 Å². The normalized spacial score (nSPS) is 23.7. The summed E-state index contributed by atoms with van der Waals surface area (Å²) in [6.45, 7) is 2.85. The first-order chi connectivity index (χ1) is 11.1. The van der Waals surface area contributed by atoms with Crippen LogP contribution in [0.25, 0.3) is 0 Å². The molecule has 7 heteroatoms. The number of nitrogens with zero attached hydrogens (tertiary/aromatic N) is 1. The average molecular weight is 336 g/mol. The molecule has 1 saturated heterocycles. The van der Waals surface area contributed by atoms with Crippen molar-refractivity contribution < 1.29 is 14.5 Å². The van der Waals surface area contributed by atoms with E-state index >= 15 is 0 Å². The standard InChI is InChI=1S/C16H20N2O4S/c1-2-22-16(19)12-7-8-17-15(12)13-9-10(18(20)21)3-6-14(13)23-11-4-5-11/h3,6,9,11-12,15,17H,2,4-5,7-8H2,1H3. The summed E-state index contributed by atoms with van der Waals surface area (Å²) in [5, 5.41) is 15.0. The molecule has 1 aliphatic carbocycles. The molecule has 1 aromatic carbocycles. The fourth-order valence-electron chi connectivity index (χ4n) is 2.90. The number of carbonyl (C=O) groups excluding carboxylic acids is 1. The molecule has 2 unspecified atom stereocenters. The molecule has 0 amide bonds. The van der Waals surface area contributed by atoms with Crippen molar-refractivity contribution >= 4 is 23.4 Å². The van der Waals surface area contributed by atoms with Gasteiger partial charge in [0.2, 0.25) is 0 Å². The van der Waals surface area contributed by atoms with E-state index in [1.54, 1.807) is 30.8 Å². The maximum absolute atomic E-state index is 12.2. The molecular formula is C16H20N2O4S. The molecule has 0 bridgehead atoms. The van der Waals surface area contributed by atoms with Gasteiger partial charge >= 0.3 is 5.97 Å². The largest absolute Gasteiger partial charge is 0.466 e. The van der Waals surface area contributed by atoms with Crippen LogP contribution < -0.4 is 5.32 Å². The van der Waals surface area contributed by atoms with Gasteiger partial charge < -0.3 is 10.1 Å². The molecule has 3 rings (SSSR count). The van der Waals surface area contributed by atoms with Crippen LogP contribution in [0.5, 0.6) is 0 Å². The quantitative estimate of drug-likeness (QED) is 0.488. The molecule has 2 atom stereocenters. The monoisotopic (exact) mass is 336 g/mol. The molecule has 1 heterocycles. The summed E-state index contributed by atoms with van der Waals surface area (Å²) in [6.07, 6.45) is 3.06. The van der Waals surface area contributed by atoms with Gasteiger partial charge in [0.15, 0.2) is 0 Å². The van der Waals surface area contributed by atoms with Gasteiger partial charge in [0, 0.05) is 28.3 Å². The van der Waals surface area contributed by atoms with Crippen LogP contribution in [0, 0.1) is 16.0 Å². The third kappa shape index (κ3) is 3.67. The van der Waals surface area contributed by atoms with Crippen LogP contribution in [0.2, 0.25) is 0 Å². The first kappa shape index (κ1) is 16.3. The summed E-state index contributed by atoms with van der Waals surface area (Å²) in [6, 6.07) is 4.76. The molecule has 1 saturated carbocycles. The number of rotatable bonds is 6. The van der Waals surface area contributed by atoms with Crippen LogP contribution in [-0.2, 0) is 9.53 Å². The highest BCUT2D eigenvalue weighted by molar-refractivity contribution is 8.00. The highest BCUT2D eigenvalue weighted by Gasteiger charge is 2.37. The van der Waals surface area contributed by atoms with Crippen molar-refractivity contribution in [3.05, 3.63) is 33.9 Å². The summed E-state index contributed by atoms with van der Waals surface area (Å²) >= 11 is 1.76. The van der Waals surface area contributed by atoms with Crippen LogP contribution in [0.3, 0.4) is 0 Å². The SMILES string of the molecule is CCOC(=O)C1CCNC1c1cc([N+](=O)[O-])ccc1SC1CC1. The second kappa shape index (κ2) is 6.88. The second-order valence-electron chi connectivity index (χ2n) is 5.88. The number of hydrogen-bond acceptors (Lipinski definition) is 6. The van der Waals surface area contributed by atoms with E-state index in [-0.39, 0.29) is 28.5 Å². The van der Waals surface area contributed by atoms with Crippen molar-refractivity contribution in [3.8, 4) is 0 Å². The summed E-state index contributed by atoms with van der Waals surface area (Å²) in [4.78, 5) is 24.0. The number of hydrogen-bond donors (Lipinski definition) is 1. The van der Waals surface area contributed by atoms with E-state index in [0.29, 0.717) is 24.8 Å². The van der Waals surface area contributed by atoms with Gasteiger partial charge in [0.25, 0.3) is 5.69 Å². The predicted molar refractivity (Wildman–Crippen MR) is 87.5 cm³/mol. The average Bonchev–Trinajstić information content (AvgIpc) is 3.20. The van der Waals surface area contributed by atoms with Gasteiger partial charge in [0.1, 0.15) is 0 Å². The van der Waals surface area contributed by atoms with Crippen molar-refractivity contribution in [2.75, 3.05) is 13.2 Å². The van der Waals surface area contributed by atoms with Gasteiger partial charge in [-0.25, -0.2) is 0 Å². The molecule has 2 aliphatic rings. The Kier molecular flexibility index (Phi) is 4.87. The lowest BCUT2D eigenvalue weighted by Crippen LogP contribution is -2.26. The van der Waals surface area contributed by atoms with Crippen LogP contribution in [-0.4, -0.2) is 29.3 Å². The lowest BCUT2D eigenvalue weighted by Gasteiger charge is -2.21. The lowest BCUT2D eigenvalue weighted by molar-refractivity contribution is -0.385. The molecule has 1 N–H and O–H groups in total. The van der Waals surface area contributed by atoms with Gasteiger partial charge in [-0.05, 0) is 44.4 Å². The van der Waals surface area contributed by atoms with E-state index in [1.165, 1.54) is 12.8 Å². The molecule has 23 heavy (non-hydrogen) atoms. The summed E-state index contributed by atoms with van der Waals surface area (Å²) in [5.41, 5.74) is 0.920. The Bertz CT molecular complexity index is 618.